The molecule has 2 N–H and O–H groups in total. The Morgan fingerprint density at radius 2 is 1.41 bits per heavy atom. The Kier molecular flexibility index (Phi) is 5.66. The summed E-state index contributed by atoms with van der Waals surface area (Å²) in [6.07, 6.45) is 4.72. The molecule has 17 heavy (non-hydrogen) atoms. The molecule has 0 aromatic rings. The van der Waals surface area contributed by atoms with Crippen LogP contribution in [-0.2, 0) is 9.59 Å². The van der Waals surface area contributed by atoms with Crippen LogP contribution in [0.1, 0.15) is 59.8 Å². The fourth-order valence-electron chi connectivity index (χ4n) is 1.91. The molecule has 0 unspecified atom stereocenters. The van der Waals surface area contributed by atoms with E-state index in [9.17, 15) is 9.59 Å². The van der Waals surface area contributed by atoms with E-state index >= 15 is 0 Å². The quantitative estimate of drug-likeness (QED) is 0.508. The molecule has 0 amide bonds. The first-order valence-corrected chi connectivity index (χ1v) is 6.17. The summed E-state index contributed by atoms with van der Waals surface area (Å²) in [5, 5.41) is 18.3. The van der Waals surface area contributed by atoms with Gasteiger partial charge in [0.25, 0.3) is 0 Å². The molecule has 0 aliphatic carbocycles. The number of carboxylic acids is 2. The van der Waals surface area contributed by atoms with E-state index in [2.05, 4.69) is 6.92 Å². The minimum atomic E-state index is -1.72. The van der Waals surface area contributed by atoms with Crippen LogP contribution >= 0.6 is 0 Å². The highest BCUT2D eigenvalue weighted by Crippen LogP contribution is 2.43. The van der Waals surface area contributed by atoms with Gasteiger partial charge in [-0.15, -0.1) is 0 Å². The van der Waals surface area contributed by atoms with Crippen LogP contribution in [0.25, 0.3) is 0 Å². The number of rotatable bonds is 8. The van der Waals surface area contributed by atoms with Crippen molar-refractivity contribution in [1.29, 1.82) is 0 Å². The molecule has 0 saturated heterocycles. The van der Waals surface area contributed by atoms with Gasteiger partial charge in [-0.3, -0.25) is 9.59 Å². The Morgan fingerprint density at radius 3 is 1.76 bits per heavy atom. The molecule has 0 radical (unpaired) electrons. The lowest BCUT2D eigenvalue weighted by molar-refractivity contribution is -0.173. The molecule has 4 heteroatoms. The third-order valence-corrected chi connectivity index (χ3v) is 3.86. The van der Waals surface area contributed by atoms with Gasteiger partial charge >= 0.3 is 11.9 Å². The lowest BCUT2D eigenvalue weighted by atomic mass is 9.64. The summed E-state index contributed by atoms with van der Waals surface area (Å²) in [6.45, 7) is 6.85. The average molecular weight is 244 g/mol. The van der Waals surface area contributed by atoms with Gasteiger partial charge in [-0.1, -0.05) is 46.5 Å². The molecule has 0 aromatic heterocycles. The fraction of sp³-hybridized carbons (Fsp3) is 0.846. The molecule has 0 aromatic carbocycles. The first-order chi connectivity index (χ1) is 7.70. The molecule has 0 spiro atoms. The fourth-order valence-corrected chi connectivity index (χ4v) is 1.91. The summed E-state index contributed by atoms with van der Waals surface area (Å²) in [6, 6.07) is 0. The van der Waals surface area contributed by atoms with E-state index in [1.54, 1.807) is 13.8 Å². The topological polar surface area (TPSA) is 74.6 Å². The van der Waals surface area contributed by atoms with Crippen LogP contribution in [-0.4, -0.2) is 22.2 Å². The van der Waals surface area contributed by atoms with E-state index < -0.39 is 22.8 Å². The van der Waals surface area contributed by atoms with E-state index in [4.69, 9.17) is 10.2 Å². The van der Waals surface area contributed by atoms with Gasteiger partial charge in [-0.25, -0.2) is 0 Å². The smallest absolute Gasteiger partial charge is 0.321 e. The highest BCUT2D eigenvalue weighted by Gasteiger charge is 2.53. The van der Waals surface area contributed by atoms with Gasteiger partial charge in [0.15, 0.2) is 5.41 Å². The maximum atomic E-state index is 11.2. The van der Waals surface area contributed by atoms with Gasteiger partial charge in [-0.2, -0.15) is 0 Å². The summed E-state index contributed by atoms with van der Waals surface area (Å²) < 4.78 is 0. The molecule has 100 valence electrons. The molecule has 0 aliphatic heterocycles. The van der Waals surface area contributed by atoms with Crippen LogP contribution in [0, 0.1) is 10.8 Å². The SMILES string of the molecule is CCCCCCC(C)(C)C(C)(C(=O)O)C(=O)O. The van der Waals surface area contributed by atoms with E-state index in [0.29, 0.717) is 6.42 Å². The minimum absolute atomic E-state index is 0.613. The molecule has 4 nitrogen and oxygen atoms in total. The van der Waals surface area contributed by atoms with Crippen molar-refractivity contribution in [1.82, 2.24) is 0 Å². The molecule has 0 aliphatic rings. The summed E-state index contributed by atoms with van der Waals surface area (Å²) in [7, 11) is 0. The van der Waals surface area contributed by atoms with E-state index in [-0.39, 0.29) is 0 Å². The van der Waals surface area contributed by atoms with Gasteiger partial charge in [0, 0.05) is 0 Å². The molecule has 0 rings (SSSR count). The zero-order valence-corrected chi connectivity index (χ0v) is 11.2. The van der Waals surface area contributed by atoms with E-state index in [1.807, 2.05) is 0 Å². The largest absolute Gasteiger partial charge is 0.480 e. The highest BCUT2D eigenvalue weighted by atomic mass is 16.4. The summed E-state index contributed by atoms with van der Waals surface area (Å²) in [5.41, 5.74) is -2.47. The van der Waals surface area contributed by atoms with Crippen molar-refractivity contribution >= 4 is 11.9 Å². The van der Waals surface area contributed by atoms with Crippen LogP contribution in [0.3, 0.4) is 0 Å². The third-order valence-electron chi connectivity index (χ3n) is 3.86. The summed E-state index contributed by atoms with van der Waals surface area (Å²) in [4.78, 5) is 22.4. The molecule has 0 bridgehead atoms. The van der Waals surface area contributed by atoms with Crippen LogP contribution in [0.2, 0.25) is 0 Å². The molecule has 0 heterocycles. The second kappa shape index (κ2) is 6.03. The van der Waals surface area contributed by atoms with Crippen LogP contribution in [0.15, 0.2) is 0 Å². The van der Waals surface area contributed by atoms with E-state index in [0.717, 1.165) is 25.7 Å². The normalized spacial score (nSPS) is 12.5. The Hall–Kier alpha value is -1.06. The number of carbonyl (C=O) groups is 2. The van der Waals surface area contributed by atoms with Gasteiger partial charge in [0.2, 0.25) is 0 Å². The molecular formula is C13H24O4. The van der Waals surface area contributed by atoms with Crippen molar-refractivity contribution in [2.24, 2.45) is 10.8 Å². The molecule has 0 atom stereocenters. The Labute approximate surface area is 103 Å². The lowest BCUT2D eigenvalue weighted by Crippen LogP contribution is -2.48. The number of hydrogen-bond acceptors (Lipinski definition) is 2. The molecule has 0 fully saturated rings. The van der Waals surface area contributed by atoms with Gasteiger partial charge < -0.3 is 10.2 Å². The van der Waals surface area contributed by atoms with Crippen molar-refractivity contribution in [2.75, 3.05) is 0 Å². The second-order valence-electron chi connectivity index (χ2n) is 5.43. The summed E-state index contributed by atoms with van der Waals surface area (Å²) in [5.74, 6) is -2.52. The second-order valence-corrected chi connectivity index (χ2v) is 5.43. The predicted molar refractivity (Wildman–Crippen MR) is 65.9 cm³/mol. The Morgan fingerprint density at radius 1 is 0.941 bits per heavy atom. The van der Waals surface area contributed by atoms with Crippen LogP contribution < -0.4 is 0 Å². The maximum absolute atomic E-state index is 11.2. The van der Waals surface area contributed by atoms with Crippen molar-refractivity contribution in [2.45, 2.75) is 59.8 Å². The lowest BCUT2D eigenvalue weighted by Gasteiger charge is -2.37. The van der Waals surface area contributed by atoms with Crippen LogP contribution in [0.4, 0.5) is 0 Å². The highest BCUT2D eigenvalue weighted by molar-refractivity contribution is 5.98. The molecular weight excluding hydrogens is 220 g/mol. The molecule has 0 saturated carbocycles. The number of carboxylic acid groups (broad SMARTS) is 2. The number of hydrogen-bond donors (Lipinski definition) is 2. The monoisotopic (exact) mass is 244 g/mol. The van der Waals surface area contributed by atoms with Gasteiger partial charge in [0.05, 0.1) is 0 Å². The zero-order valence-electron chi connectivity index (χ0n) is 11.2. The Balaban J connectivity index is 4.74. The van der Waals surface area contributed by atoms with Gasteiger partial charge in [-0.05, 0) is 18.8 Å². The average Bonchev–Trinajstić information content (AvgIpc) is 2.22. The van der Waals surface area contributed by atoms with Crippen molar-refractivity contribution < 1.29 is 19.8 Å². The van der Waals surface area contributed by atoms with Crippen molar-refractivity contribution in [3.05, 3.63) is 0 Å². The predicted octanol–water partition coefficient (Wildman–Crippen LogP) is 3.16. The maximum Gasteiger partial charge on any atom is 0.321 e. The number of aliphatic carboxylic acids is 2. The van der Waals surface area contributed by atoms with Crippen LogP contribution in [0.5, 0.6) is 0 Å². The third kappa shape index (κ3) is 3.45. The minimum Gasteiger partial charge on any atom is -0.480 e. The Bertz CT molecular complexity index is 267. The standard InChI is InChI=1S/C13H24O4/c1-5-6-7-8-9-12(2,3)13(4,10(14)15)11(16)17/h5-9H2,1-4H3,(H,14,15)(H,16,17). The first-order valence-electron chi connectivity index (χ1n) is 6.17. The van der Waals surface area contributed by atoms with Crippen molar-refractivity contribution in [3.8, 4) is 0 Å². The number of unbranched alkanes of at least 4 members (excludes halogenated alkanes) is 3. The first kappa shape index (κ1) is 15.9. The van der Waals surface area contributed by atoms with Crippen molar-refractivity contribution in [3.63, 3.8) is 0 Å². The van der Waals surface area contributed by atoms with Gasteiger partial charge in [0.1, 0.15) is 0 Å². The van der Waals surface area contributed by atoms with E-state index in [1.165, 1.54) is 6.92 Å². The summed E-state index contributed by atoms with van der Waals surface area (Å²) >= 11 is 0. The zero-order chi connectivity index (χ0) is 13.7.